The largest absolute Gasteiger partial charge is 0.361 e. The average Bonchev–Trinajstić information content (AvgIpc) is 2.94. The van der Waals surface area contributed by atoms with Crippen LogP contribution in [0.25, 0.3) is 21.3 Å². The summed E-state index contributed by atoms with van der Waals surface area (Å²) in [5, 5.41) is 3.88. The predicted molar refractivity (Wildman–Crippen MR) is 74.6 cm³/mol. The zero-order chi connectivity index (χ0) is 11.8. The summed E-state index contributed by atoms with van der Waals surface area (Å²) in [4.78, 5) is 4.31. The molecule has 2 aromatic heterocycles. The first-order valence-electron chi connectivity index (χ1n) is 5.10. The Kier molecular flexibility index (Phi) is 2.44. The Morgan fingerprint density at radius 1 is 1.29 bits per heavy atom. The number of thiophene rings is 1. The summed E-state index contributed by atoms with van der Waals surface area (Å²) in [5.74, 6) is 2.65. The van der Waals surface area contributed by atoms with Crippen LogP contribution < -0.4 is 0 Å². The first-order chi connectivity index (χ1) is 8.29. The van der Waals surface area contributed by atoms with Crippen molar-refractivity contribution in [3.63, 3.8) is 0 Å². The van der Waals surface area contributed by atoms with E-state index in [-0.39, 0.29) is 0 Å². The minimum absolute atomic E-state index is 0.780. The summed E-state index contributed by atoms with van der Waals surface area (Å²) in [6.45, 7) is 0. The van der Waals surface area contributed by atoms with Crippen molar-refractivity contribution in [1.29, 1.82) is 0 Å². The fourth-order valence-electron chi connectivity index (χ4n) is 1.88. The van der Waals surface area contributed by atoms with Gasteiger partial charge >= 0.3 is 0 Å². The van der Waals surface area contributed by atoms with Gasteiger partial charge < -0.3 is 4.98 Å². The second-order valence-electron chi connectivity index (χ2n) is 3.70. The van der Waals surface area contributed by atoms with Gasteiger partial charge in [0.15, 0.2) is 0 Å². The van der Waals surface area contributed by atoms with Crippen LogP contribution >= 0.6 is 22.9 Å². The lowest BCUT2D eigenvalue weighted by atomic mass is 10.1. The Balaban J connectivity index is 2.31. The molecule has 3 rings (SSSR count). The van der Waals surface area contributed by atoms with E-state index < -0.39 is 0 Å². The molecule has 2 heterocycles. The SMILES string of the molecule is C#Cc1ccc2[nH]cc(-c3sccc3Cl)c2c1. The maximum atomic E-state index is 6.16. The van der Waals surface area contributed by atoms with E-state index in [2.05, 4.69) is 10.9 Å². The van der Waals surface area contributed by atoms with Gasteiger partial charge in [0.05, 0.1) is 9.90 Å². The second-order valence-corrected chi connectivity index (χ2v) is 5.03. The standard InChI is InChI=1S/C14H8ClNS/c1-2-9-3-4-13-10(7-9)11(8-16-13)14-12(15)5-6-17-14/h1,3-8,16H. The van der Waals surface area contributed by atoms with E-state index >= 15 is 0 Å². The van der Waals surface area contributed by atoms with Crippen molar-refractivity contribution in [2.75, 3.05) is 0 Å². The van der Waals surface area contributed by atoms with E-state index in [1.807, 2.05) is 35.8 Å². The van der Waals surface area contributed by atoms with Gasteiger partial charge in [-0.3, -0.25) is 0 Å². The quantitative estimate of drug-likeness (QED) is 0.617. The topological polar surface area (TPSA) is 15.8 Å². The normalized spacial score (nSPS) is 10.6. The molecule has 0 fully saturated rings. The third-order valence-corrected chi connectivity index (χ3v) is 4.08. The molecule has 1 aromatic carbocycles. The van der Waals surface area contributed by atoms with Gasteiger partial charge in [-0.25, -0.2) is 0 Å². The maximum Gasteiger partial charge on any atom is 0.0593 e. The van der Waals surface area contributed by atoms with E-state index in [1.165, 1.54) is 0 Å². The van der Waals surface area contributed by atoms with Crippen molar-refractivity contribution in [3.05, 3.63) is 46.4 Å². The number of halogens is 1. The highest BCUT2D eigenvalue weighted by molar-refractivity contribution is 7.14. The maximum absolute atomic E-state index is 6.16. The number of benzene rings is 1. The van der Waals surface area contributed by atoms with Crippen LogP contribution in [0.1, 0.15) is 5.56 Å². The molecule has 0 saturated carbocycles. The number of aromatic nitrogens is 1. The molecule has 0 saturated heterocycles. The van der Waals surface area contributed by atoms with Gasteiger partial charge in [-0.2, -0.15) is 0 Å². The van der Waals surface area contributed by atoms with Crippen molar-refractivity contribution in [2.24, 2.45) is 0 Å². The van der Waals surface area contributed by atoms with Gasteiger partial charge in [-0.15, -0.1) is 17.8 Å². The van der Waals surface area contributed by atoms with Crippen LogP contribution in [0.15, 0.2) is 35.8 Å². The number of hydrogen-bond acceptors (Lipinski definition) is 1. The van der Waals surface area contributed by atoms with Crippen LogP contribution in [0.2, 0.25) is 5.02 Å². The number of hydrogen-bond donors (Lipinski definition) is 1. The van der Waals surface area contributed by atoms with E-state index in [1.54, 1.807) is 11.3 Å². The summed E-state index contributed by atoms with van der Waals surface area (Å²) in [6, 6.07) is 7.84. The third-order valence-electron chi connectivity index (χ3n) is 2.71. The lowest BCUT2D eigenvalue weighted by Crippen LogP contribution is -1.75. The van der Waals surface area contributed by atoms with Crippen molar-refractivity contribution in [3.8, 4) is 22.8 Å². The molecule has 1 nitrogen and oxygen atoms in total. The molecule has 0 atom stereocenters. The van der Waals surface area contributed by atoms with Crippen LogP contribution in [-0.4, -0.2) is 4.98 Å². The molecule has 3 heteroatoms. The molecule has 0 radical (unpaired) electrons. The lowest BCUT2D eigenvalue weighted by Gasteiger charge is -1.97. The van der Waals surface area contributed by atoms with Crippen molar-refractivity contribution >= 4 is 33.8 Å². The molecule has 0 unspecified atom stereocenters. The highest BCUT2D eigenvalue weighted by atomic mass is 35.5. The number of H-pyrrole nitrogens is 1. The van der Waals surface area contributed by atoms with Crippen LogP contribution in [0.5, 0.6) is 0 Å². The fraction of sp³-hybridized carbons (Fsp3) is 0. The minimum atomic E-state index is 0.780. The summed E-state index contributed by atoms with van der Waals surface area (Å²) in [5.41, 5.74) is 3.06. The molecule has 17 heavy (non-hydrogen) atoms. The van der Waals surface area contributed by atoms with E-state index in [0.29, 0.717) is 0 Å². The van der Waals surface area contributed by atoms with Gasteiger partial charge in [0.2, 0.25) is 0 Å². The molecule has 0 aliphatic carbocycles. The number of aromatic amines is 1. The molecular formula is C14H8ClNS. The molecule has 0 bridgehead atoms. The van der Waals surface area contributed by atoms with Gasteiger partial charge in [-0.05, 0) is 29.6 Å². The highest BCUT2D eigenvalue weighted by Crippen LogP contribution is 2.37. The second kappa shape index (κ2) is 3.96. The van der Waals surface area contributed by atoms with Gasteiger partial charge in [0.25, 0.3) is 0 Å². The number of nitrogens with one attached hydrogen (secondary N) is 1. The zero-order valence-electron chi connectivity index (χ0n) is 8.83. The molecule has 0 amide bonds. The minimum Gasteiger partial charge on any atom is -0.361 e. The summed E-state index contributed by atoms with van der Waals surface area (Å²) < 4.78 is 0. The average molecular weight is 258 g/mol. The van der Waals surface area contributed by atoms with Crippen LogP contribution in [0.4, 0.5) is 0 Å². The number of rotatable bonds is 1. The van der Waals surface area contributed by atoms with E-state index in [0.717, 1.165) is 31.9 Å². The fourth-order valence-corrected chi connectivity index (χ4v) is 3.07. The Morgan fingerprint density at radius 2 is 2.18 bits per heavy atom. The van der Waals surface area contributed by atoms with Crippen LogP contribution in [-0.2, 0) is 0 Å². The van der Waals surface area contributed by atoms with E-state index in [9.17, 15) is 0 Å². The molecule has 1 N–H and O–H groups in total. The summed E-state index contributed by atoms with van der Waals surface area (Å²) in [6.07, 6.45) is 7.40. The lowest BCUT2D eigenvalue weighted by molar-refractivity contribution is 1.48. The molecule has 0 aliphatic rings. The monoisotopic (exact) mass is 257 g/mol. The summed E-state index contributed by atoms with van der Waals surface area (Å²) in [7, 11) is 0. The molecule has 3 aromatic rings. The first-order valence-corrected chi connectivity index (χ1v) is 6.36. The smallest absolute Gasteiger partial charge is 0.0593 e. The third kappa shape index (κ3) is 1.64. The molecule has 82 valence electrons. The Bertz CT molecular complexity index is 730. The Hall–Kier alpha value is -1.69. The summed E-state index contributed by atoms with van der Waals surface area (Å²) >= 11 is 7.79. The zero-order valence-corrected chi connectivity index (χ0v) is 10.4. The van der Waals surface area contributed by atoms with Gasteiger partial charge in [0, 0.05) is 28.2 Å². The van der Waals surface area contributed by atoms with Gasteiger partial charge in [-0.1, -0.05) is 17.5 Å². The highest BCUT2D eigenvalue weighted by Gasteiger charge is 2.10. The van der Waals surface area contributed by atoms with Crippen LogP contribution in [0, 0.1) is 12.3 Å². The Labute approximate surface area is 108 Å². The van der Waals surface area contributed by atoms with Crippen LogP contribution in [0.3, 0.4) is 0 Å². The van der Waals surface area contributed by atoms with Crippen molar-refractivity contribution in [1.82, 2.24) is 4.98 Å². The first kappa shape index (κ1) is 10.5. The Morgan fingerprint density at radius 3 is 2.88 bits per heavy atom. The molecular weight excluding hydrogens is 250 g/mol. The van der Waals surface area contributed by atoms with Crippen molar-refractivity contribution < 1.29 is 0 Å². The van der Waals surface area contributed by atoms with E-state index in [4.69, 9.17) is 18.0 Å². The van der Waals surface area contributed by atoms with Gasteiger partial charge in [0.1, 0.15) is 0 Å². The molecule has 0 aliphatic heterocycles. The predicted octanol–water partition coefficient (Wildman–Crippen LogP) is 4.53. The number of fused-ring (bicyclic) bond motifs is 1. The molecule has 0 spiro atoms. The number of terminal acetylenes is 1. The van der Waals surface area contributed by atoms with Crippen molar-refractivity contribution in [2.45, 2.75) is 0 Å².